The molecular weight excluding hydrogens is 276 g/mol. The summed E-state index contributed by atoms with van der Waals surface area (Å²) in [5.41, 5.74) is -0.0876. The van der Waals surface area contributed by atoms with Crippen molar-refractivity contribution in [3.05, 3.63) is 34.4 Å². The van der Waals surface area contributed by atoms with Gasteiger partial charge in [-0.05, 0) is 24.5 Å². The maximum atomic E-state index is 12.0. The van der Waals surface area contributed by atoms with Gasteiger partial charge in [0.2, 0.25) is 5.91 Å². The van der Waals surface area contributed by atoms with E-state index in [0.717, 1.165) is 0 Å². The highest BCUT2D eigenvalue weighted by molar-refractivity contribution is 5.84. The third-order valence-electron chi connectivity index (χ3n) is 2.64. The number of esters is 1. The number of rotatable bonds is 6. The van der Waals surface area contributed by atoms with Crippen LogP contribution in [0.15, 0.2) is 24.3 Å². The number of amides is 1. The van der Waals surface area contributed by atoms with Crippen LogP contribution in [0.5, 0.6) is 5.75 Å². The molecule has 7 nitrogen and oxygen atoms in total. The van der Waals surface area contributed by atoms with E-state index < -0.39 is 16.9 Å². The van der Waals surface area contributed by atoms with Crippen LogP contribution in [0.4, 0.5) is 5.69 Å². The van der Waals surface area contributed by atoms with E-state index in [4.69, 9.17) is 4.74 Å². The average molecular weight is 294 g/mol. The topological polar surface area (TPSA) is 98.5 Å². The molecule has 21 heavy (non-hydrogen) atoms. The second-order valence-corrected chi connectivity index (χ2v) is 5.05. The smallest absolute Gasteiger partial charge is 0.334 e. The molecular formula is C14H18N2O5. The van der Waals surface area contributed by atoms with Crippen LogP contribution in [-0.4, -0.2) is 22.8 Å². The number of ether oxygens (including phenoxy) is 1. The van der Waals surface area contributed by atoms with Gasteiger partial charge >= 0.3 is 5.97 Å². The summed E-state index contributed by atoms with van der Waals surface area (Å²) < 4.78 is 5.14. The molecule has 0 unspecified atom stereocenters. The van der Waals surface area contributed by atoms with E-state index in [-0.39, 0.29) is 23.3 Å². The second kappa shape index (κ2) is 7.37. The lowest BCUT2D eigenvalue weighted by Crippen LogP contribution is -2.42. The summed E-state index contributed by atoms with van der Waals surface area (Å²) in [5.74, 6) is -0.509. The first-order valence-corrected chi connectivity index (χ1v) is 6.53. The molecule has 1 aromatic rings. The van der Waals surface area contributed by atoms with Crippen LogP contribution in [0.3, 0.4) is 0 Å². The number of nitrogens with zero attached hydrogens (tertiary/aromatic N) is 1. The number of hydrogen-bond donors (Lipinski definition) is 1. The first-order valence-electron chi connectivity index (χ1n) is 6.53. The SMILES string of the molecule is CC(=O)N[C@@H](CC(C)C)C(=O)Oc1ccc([N+](=O)[O-])cc1. The third-order valence-corrected chi connectivity index (χ3v) is 2.64. The molecule has 0 saturated heterocycles. The lowest BCUT2D eigenvalue weighted by molar-refractivity contribution is -0.384. The quantitative estimate of drug-likeness (QED) is 0.375. The number of nitro groups is 1. The summed E-state index contributed by atoms with van der Waals surface area (Å²) in [7, 11) is 0. The molecule has 1 amide bonds. The van der Waals surface area contributed by atoms with Gasteiger partial charge in [-0.1, -0.05) is 13.8 Å². The molecule has 0 heterocycles. The highest BCUT2D eigenvalue weighted by atomic mass is 16.6. The zero-order valence-corrected chi connectivity index (χ0v) is 12.2. The Morgan fingerprint density at radius 2 is 1.86 bits per heavy atom. The predicted octanol–water partition coefficient (Wildman–Crippen LogP) is 2.05. The highest BCUT2D eigenvalue weighted by Gasteiger charge is 2.23. The van der Waals surface area contributed by atoms with Crippen LogP contribution < -0.4 is 10.1 Å². The van der Waals surface area contributed by atoms with Crippen molar-refractivity contribution >= 4 is 17.6 Å². The molecule has 0 aliphatic rings. The molecule has 1 N–H and O–H groups in total. The van der Waals surface area contributed by atoms with Crippen LogP contribution in [0.1, 0.15) is 27.2 Å². The molecule has 1 aromatic carbocycles. The lowest BCUT2D eigenvalue weighted by atomic mass is 10.0. The van der Waals surface area contributed by atoms with Gasteiger partial charge < -0.3 is 10.1 Å². The molecule has 0 radical (unpaired) electrons. The van der Waals surface area contributed by atoms with Crippen LogP contribution >= 0.6 is 0 Å². The lowest BCUT2D eigenvalue weighted by Gasteiger charge is -2.18. The number of nitro benzene ring substituents is 1. The molecule has 7 heteroatoms. The summed E-state index contributed by atoms with van der Waals surface area (Å²) in [6.45, 7) is 5.18. The van der Waals surface area contributed by atoms with Gasteiger partial charge in [-0.25, -0.2) is 4.79 Å². The summed E-state index contributed by atoms with van der Waals surface area (Å²) in [4.78, 5) is 33.1. The maximum absolute atomic E-state index is 12.0. The third kappa shape index (κ3) is 5.60. The van der Waals surface area contributed by atoms with Gasteiger partial charge in [0.15, 0.2) is 0 Å². The van der Waals surface area contributed by atoms with Crippen molar-refractivity contribution in [3.8, 4) is 5.75 Å². The van der Waals surface area contributed by atoms with Crippen molar-refractivity contribution in [2.24, 2.45) is 5.92 Å². The summed E-state index contributed by atoms with van der Waals surface area (Å²) >= 11 is 0. The molecule has 1 atom stereocenters. The van der Waals surface area contributed by atoms with Gasteiger partial charge in [-0.2, -0.15) is 0 Å². The molecule has 0 saturated carbocycles. The van der Waals surface area contributed by atoms with Crippen molar-refractivity contribution < 1.29 is 19.2 Å². The normalized spacial score (nSPS) is 11.8. The molecule has 1 rings (SSSR count). The summed E-state index contributed by atoms with van der Waals surface area (Å²) in [6.07, 6.45) is 0.450. The van der Waals surface area contributed by atoms with Gasteiger partial charge in [0.25, 0.3) is 5.69 Å². The molecule has 0 aromatic heterocycles. The molecule has 0 bridgehead atoms. The largest absolute Gasteiger partial charge is 0.425 e. The molecule has 0 fully saturated rings. The minimum atomic E-state index is -0.738. The molecule has 0 aliphatic carbocycles. The van der Waals surface area contributed by atoms with Gasteiger partial charge in [0.1, 0.15) is 11.8 Å². The van der Waals surface area contributed by atoms with E-state index in [2.05, 4.69) is 5.32 Å². The number of benzene rings is 1. The summed E-state index contributed by atoms with van der Waals surface area (Å²) in [5, 5.41) is 13.1. The zero-order chi connectivity index (χ0) is 16.0. The Morgan fingerprint density at radius 3 is 2.29 bits per heavy atom. The van der Waals surface area contributed by atoms with Crippen LogP contribution in [0.25, 0.3) is 0 Å². The van der Waals surface area contributed by atoms with E-state index in [1.54, 1.807) is 0 Å². The fourth-order valence-corrected chi connectivity index (χ4v) is 1.75. The fraction of sp³-hybridized carbons (Fsp3) is 0.429. The Labute approximate surface area is 122 Å². The summed E-state index contributed by atoms with van der Waals surface area (Å²) in [6, 6.07) is 4.45. The maximum Gasteiger partial charge on any atom is 0.334 e. The van der Waals surface area contributed by atoms with Crippen molar-refractivity contribution in [1.29, 1.82) is 0 Å². The van der Waals surface area contributed by atoms with Gasteiger partial charge in [0, 0.05) is 19.1 Å². The molecule has 0 aliphatic heterocycles. The van der Waals surface area contributed by atoms with E-state index in [1.807, 2.05) is 13.8 Å². The number of carbonyl (C=O) groups is 2. The Morgan fingerprint density at radius 1 is 1.29 bits per heavy atom. The van der Waals surface area contributed by atoms with E-state index in [9.17, 15) is 19.7 Å². The van der Waals surface area contributed by atoms with Crippen molar-refractivity contribution in [2.45, 2.75) is 33.2 Å². The van der Waals surface area contributed by atoms with Crippen molar-refractivity contribution in [1.82, 2.24) is 5.32 Å². The number of hydrogen-bond acceptors (Lipinski definition) is 5. The van der Waals surface area contributed by atoms with Crippen LogP contribution in [0, 0.1) is 16.0 Å². The Hall–Kier alpha value is -2.44. The van der Waals surface area contributed by atoms with E-state index in [0.29, 0.717) is 6.42 Å². The molecule has 114 valence electrons. The van der Waals surface area contributed by atoms with Gasteiger partial charge in [-0.15, -0.1) is 0 Å². The Balaban J connectivity index is 2.75. The highest BCUT2D eigenvalue weighted by Crippen LogP contribution is 2.18. The monoisotopic (exact) mass is 294 g/mol. The standard InChI is InChI=1S/C14H18N2O5/c1-9(2)8-13(15-10(3)17)14(18)21-12-6-4-11(5-7-12)16(19)20/h4-7,9,13H,8H2,1-3H3,(H,15,17)/t13-/m0/s1. The van der Waals surface area contributed by atoms with Gasteiger partial charge in [-0.3, -0.25) is 14.9 Å². The first-order chi connectivity index (χ1) is 9.79. The van der Waals surface area contributed by atoms with Crippen molar-refractivity contribution in [3.63, 3.8) is 0 Å². The Kier molecular flexibility index (Phi) is 5.83. The van der Waals surface area contributed by atoms with Crippen molar-refractivity contribution in [2.75, 3.05) is 0 Å². The van der Waals surface area contributed by atoms with E-state index in [1.165, 1.54) is 31.2 Å². The van der Waals surface area contributed by atoms with Gasteiger partial charge in [0.05, 0.1) is 4.92 Å². The number of non-ortho nitro benzene ring substituents is 1. The van der Waals surface area contributed by atoms with Crippen LogP contribution in [0.2, 0.25) is 0 Å². The number of carbonyl (C=O) groups excluding carboxylic acids is 2. The predicted molar refractivity (Wildman–Crippen MR) is 75.8 cm³/mol. The first kappa shape index (κ1) is 16.6. The number of nitrogens with one attached hydrogen (secondary N) is 1. The minimum Gasteiger partial charge on any atom is -0.425 e. The fourth-order valence-electron chi connectivity index (χ4n) is 1.75. The average Bonchev–Trinajstić information content (AvgIpc) is 2.37. The van der Waals surface area contributed by atoms with E-state index >= 15 is 0 Å². The Bertz CT molecular complexity index is 525. The molecule has 0 spiro atoms. The zero-order valence-electron chi connectivity index (χ0n) is 12.2. The van der Waals surface area contributed by atoms with Crippen LogP contribution in [-0.2, 0) is 9.59 Å². The second-order valence-electron chi connectivity index (χ2n) is 5.05. The minimum absolute atomic E-state index is 0.0876.